The van der Waals surface area contributed by atoms with Gasteiger partial charge in [-0.1, -0.05) is 61.5 Å². The molecule has 0 aliphatic carbocycles. The summed E-state index contributed by atoms with van der Waals surface area (Å²) >= 11 is 0. The van der Waals surface area contributed by atoms with E-state index in [0.29, 0.717) is 5.56 Å². The van der Waals surface area contributed by atoms with E-state index in [1.165, 1.54) is 0 Å². The smallest absolute Gasteiger partial charge is 0.119 e. The zero-order valence-corrected chi connectivity index (χ0v) is 14.8. The van der Waals surface area contributed by atoms with Gasteiger partial charge in [-0.2, -0.15) is 0 Å². The molecule has 0 radical (unpaired) electrons. The van der Waals surface area contributed by atoms with Crippen molar-refractivity contribution in [2.24, 2.45) is 0 Å². The molecule has 0 heterocycles. The third-order valence-corrected chi connectivity index (χ3v) is 5.01. The number of aliphatic hydroxyl groups excluding tert-OH is 1. The number of hydrogen-bond acceptors (Lipinski definition) is 3. The average molecular weight is 336 g/mol. The summed E-state index contributed by atoms with van der Waals surface area (Å²) < 4.78 is 5.26. The predicted molar refractivity (Wildman–Crippen MR) is 101 cm³/mol. The van der Waals surface area contributed by atoms with Crippen LogP contribution in [0.2, 0.25) is 0 Å². The van der Waals surface area contributed by atoms with Gasteiger partial charge in [0.05, 0.1) is 13.2 Å². The van der Waals surface area contributed by atoms with Gasteiger partial charge in [-0.15, -0.1) is 0 Å². The minimum Gasteiger partial charge on any atom is -0.497 e. The molecule has 0 aromatic heterocycles. The lowest BCUT2D eigenvalue weighted by Crippen LogP contribution is -2.40. The monoisotopic (exact) mass is 336 g/mol. The highest BCUT2D eigenvalue weighted by atomic mass is 16.5. The van der Waals surface area contributed by atoms with Crippen LogP contribution in [-0.2, 0) is 5.60 Å². The van der Waals surface area contributed by atoms with Crippen LogP contribution < -0.4 is 4.74 Å². The van der Waals surface area contributed by atoms with Gasteiger partial charge >= 0.3 is 0 Å². The van der Waals surface area contributed by atoms with Gasteiger partial charge in [0.25, 0.3) is 0 Å². The van der Waals surface area contributed by atoms with Gasteiger partial charge in [-0.05, 0) is 41.0 Å². The summed E-state index contributed by atoms with van der Waals surface area (Å²) in [7, 11) is 1.65. The average Bonchev–Trinajstić information content (AvgIpc) is 2.66. The van der Waals surface area contributed by atoms with Crippen LogP contribution in [0.25, 0.3) is 10.8 Å². The lowest BCUT2D eigenvalue weighted by Gasteiger charge is -2.34. The topological polar surface area (TPSA) is 49.7 Å². The largest absolute Gasteiger partial charge is 0.497 e. The summed E-state index contributed by atoms with van der Waals surface area (Å²) in [5, 5.41) is 23.9. The second-order valence-corrected chi connectivity index (χ2v) is 6.72. The van der Waals surface area contributed by atoms with E-state index in [9.17, 15) is 10.2 Å². The molecule has 0 fully saturated rings. The highest BCUT2D eigenvalue weighted by Crippen LogP contribution is 2.34. The lowest BCUT2D eigenvalue weighted by atomic mass is 9.80. The van der Waals surface area contributed by atoms with Crippen molar-refractivity contribution >= 4 is 10.8 Å². The molecule has 130 valence electrons. The maximum Gasteiger partial charge on any atom is 0.119 e. The normalized spacial score (nSPS) is 16.2. The summed E-state index contributed by atoms with van der Waals surface area (Å²) in [5.41, 5.74) is 0.372. The van der Waals surface area contributed by atoms with Gasteiger partial charge in [0, 0.05) is 5.92 Å². The number of rotatable bonds is 5. The summed E-state index contributed by atoms with van der Waals surface area (Å²) in [6.45, 7) is 3.60. The molecule has 0 saturated heterocycles. The van der Waals surface area contributed by atoms with E-state index in [1.54, 1.807) is 14.0 Å². The Morgan fingerprint density at radius 2 is 1.56 bits per heavy atom. The summed E-state index contributed by atoms with van der Waals surface area (Å²) in [5.74, 6) is 0.599. The molecule has 0 aliphatic rings. The molecule has 0 unspecified atom stereocenters. The first kappa shape index (κ1) is 17.5. The van der Waals surface area contributed by atoms with E-state index in [4.69, 9.17) is 4.74 Å². The van der Waals surface area contributed by atoms with Crippen molar-refractivity contribution in [1.82, 2.24) is 0 Å². The zero-order valence-electron chi connectivity index (χ0n) is 14.8. The molecular weight excluding hydrogens is 312 g/mol. The van der Waals surface area contributed by atoms with Gasteiger partial charge in [0.15, 0.2) is 0 Å². The van der Waals surface area contributed by atoms with E-state index < -0.39 is 11.7 Å². The second-order valence-electron chi connectivity index (χ2n) is 6.72. The molecular formula is C22H24O3. The maximum atomic E-state index is 10.9. The minimum atomic E-state index is -1.32. The molecule has 3 nitrogen and oxygen atoms in total. The number of methoxy groups -OCH3 is 1. The molecule has 0 aliphatic heterocycles. The first-order valence-electron chi connectivity index (χ1n) is 8.47. The Morgan fingerprint density at radius 3 is 2.24 bits per heavy atom. The summed E-state index contributed by atoms with van der Waals surface area (Å²) in [4.78, 5) is 0. The van der Waals surface area contributed by atoms with Crippen molar-refractivity contribution in [1.29, 1.82) is 0 Å². The number of hydrogen-bond donors (Lipinski definition) is 2. The highest BCUT2D eigenvalue weighted by molar-refractivity contribution is 5.84. The number of ether oxygens (including phenoxy) is 1. The zero-order chi connectivity index (χ0) is 18.0. The Hall–Kier alpha value is -2.36. The molecule has 0 saturated carbocycles. The first-order chi connectivity index (χ1) is 11.9. The fourth-order valence-electron chi connectivity index (χ4n) is 3.27. The van der Waals surface area contributed by atoms with Crippen molar-refractivity contribution in [3.63, 3.8) is 0 Å². The molecule has 2 N–H and O–H groups in total. The van der Waals surface area contributed by atoms with Crippen LogP contribution in [0.3, 0.4) is 0 Å². The predicted octanol–water partition coefficient (Wildman–Crippen LogP) is 4.22. The minimum absolute atomic E-state index is 0.221. The Morgan fingerprint density at radius 1 is 0.920 bits per heavy atom. The van der Waals surface area contributed by atoms with Crippen LogP contribution in [0.15, 0.2) is 66.7 Å². The van der Waals surface area contributed by atoms with Gasteiger partial charge in [0.2, 0.25) is 0 Å². The van der Waals surface area contributed by atoms with Gasteiger partial charge in [-0.25, -0.2) is 0 Å². The standard InChI is InChI=1S/C22H24O3/c1-15(21(23)22(2,24)19-7-5-4-6-8-19)16-9-10-18-14-20(25-3)12-11-17(18)13-16/h4-15,21,23-24H,1-3H3/t15-,21+,22-/m0/s1. The molecule has 3 aromatic rings. The number of benzene rings is 3. The Bertz CT molecular complexity index is 856. The molecule has 0 amide bonds. The SMILES string of the molecule is COc1ccc2cc([C@H](C)[C@@H](O)[C@@](C)(O)c3ccccc3)ccc2c1. The number of aliphatic hydroxyl groups is 2. The van der Waals surface area contributed by atoms with E-state index in [-0.39, 0.29) is 5.92 Å². The van der Waals surface area contributed by atoms with Gasteiger partial charge in [-0.3, -0.25) is 0 Å². The van der Waals surface area contributed by atoms with E-state index in [0.717, 1.165) is 22.1 Å². The molecule has 3 aromatic carbocycles. The van der Waals surface area contributed by atoms with Crippen LogP contribution in [0.4, 0.5) is 0 Å². The third-order valence-electron chi connectivity index (χ3n) is 5.01. The quantitative estimate of drug-likeness (QED) is 0.733. The fraction of sp³-hybridized carbons (Fsp3) is 0.273. The van der Waals surface area contributed by atoms with E-state index >= 15 is 0 Å². The highest BCUT2D eigenvalue weighted by Gasteiger charge is 2.36. The fourth-order valence-corrected chi connectivity index (χ4v) is 3.27. The lowest BCUT2D eigenvalue weighted by molar-refractivity contribution is -0.0768. The Kier molecular flexibility index (Phi) is 4.80. The summed E-state index contributed by atoms with van der Waals surface area (Å²) in [6.07, 6.45) is -0.925. The maximum absolute atomic E-state index is 10.9. The van der Waals surface area contributed by atoms with Crippen molar-refractivity contribution in [2.75, 3.05) is 7.11 Å². The van der Waals surface area contributed by atoms with Crippen LogP contribution in [-0.4, -0.2) is 23.4 Å². The molecule has 0 spiro atoms. The molecule has 3 heteroatoms. The van der Waals surface area contributed by atoms with Crippen molar-refractivity contribution < 1.29 is 14.9 Å². The molecule has 25 heavy (non-hydrogen) atoms. The summed E-state index contributed by atoms with van der Waals surface area (Å²) in [6, 6.07) is 21.3. The van der Waals surface area contributed by atoms with Crippen molar-refractivity contribution in [3.8, 4) is 5.75 Å². The third kappa shape index (κ3) is 3.39. The van der Waals surface area contributed by atoms with Crippen LogP contribution in [0.1, 0.15) is 30.9 Å². The van der Waals surface area contributed by atoms with Crippen LogP contribution in [0, 0.1) is 0 Å². The van der Waals surface area contributed by atoms with Crippen LogP contribution >= 0.6 is 0 Å². The Labute approximate surface area is 148 Å². The van der Waals surface area contributed by atoms with Crippen molar-refractivity contribution in [3.05, 3.63) is 77.9 Å². The second kappa shape index (κ2) is 6.87. The van der Waals surface area contributed by atoms with Gasteiger partial charge < -0.3 is 14.9 Å². The van der Waals surface area contributed by atoms with Crippen LogP contribution in [0.5, 0.6) is 5.75 Å². The Balaban J connectivity index is 1.91. The molecule has 3 rings (SSSR count). The van der Waals surface area contributed by atoms with E-state index in [1.807, 2.05) is 67.6 Å². The first-order valence-corrected chi connectivity index (χ1v) is 8.47. The molecule has 0 bridgehead atoms. The van der Waals surface area contributed by atoms with Crippen molar-refractivity contribution in [2.45, 2.75) is 31.5 Å². The van der Waals surface area contributed by atoms with Gasteiger partial charge in [0.1, 0.15) is 11.4 Å². The van der Waals surface area contributed by atoms with E-state index in [2.05, 4.69) is 6.07 Å². The number of fused-ring (bicyclic) bond motifs is 1. The molecule has 3 atom stereocenters.